The first-order valence-electron chi connectivity index (χ1n) is 9.86. The second kappa shape index (κ2) is 16.1. The van der Waals surface area contributed by atoms with Crippen molar-refractivity contribution < 1.29 is 23.6 Å². The normalized spacial score (nSPS) is 11.1. The van der Waals surface area contributed by atoms with Crippen LogP contribution in [0, 0.1) is 0 Å². The van der Waals surface area contributed by atoms with E-state index in [1.54, 1.807) is 0 Å². The van der Waals surface area contributed by atoms with Crippen molar-refractivity contribution in [2.45, 2.75) is 0 Å². The minimum Gasteiger partial charge on any atom is -0.387 e. The number of halogens is 1. The molecule has 0 saturated heterocycles. The molecule has 0 aliphatic carbocycles. The highest BCUT2D eigenvalue weighted by Gasteiger charge is 2.17. The maximum absolute atomic E-state index is 11.0. The van der Waals surface area contributed by atoms with Gasteiger partial charge in [-0.05, 0) is 0 Å². The van der Waals surface area contributed by atoms with Crippen molar-refractivity contribution >= 4 is 34.2 Å². The molecule has 0 aromatic carbocycles. The standard InChI is InChI=1S/C20H34IN5O4/c1-18(20-25(3)9-10-26(20)4)24(2)8-5-22-6-11-28-13-15-30-16-14-29-12-7-23-19(27)17-21/h5,8-10,22H,1,6-7,11-17H2,2-4H3/p+1/b8-5-. The largest absolute Gasteiger partial charge is 0.387 e. The molecule has 0 spiro atoms. The maximum Gasteiger partial charge on any atom is 0.304 e. The number of carbonyl (C=O) groups excluding carboxylic acids is 1. The summed E-state index contributed by atoms with van der Waals surface area (Å²) in [5, 5.41) is 5.94. The zero-order valence-corrected chi connectivity index (χ0v) is 20.4. The van der Waals surface area contributed by atoms with Gasteiger partial charge in [0.25, 0.3) is 0 Å². The van der Waals surface area contributed by atoms with Crippen LogP contribution in [-0.2, 0) is 33.1 Å². The lowest BCUT2D eigenvalue weighted by Crippen LogP contribution is -2.33. The lowest BCUT2D eigenvalue weighted by Gasteiger charge is -2.14. The molecule has 170 valence electrons. The van der Waals surface area contributed by atoms with E-state index >= 15 is 0 Å². The average molecular weight is 536 g/mol. The summed E-state index contributed by atoms with van der Waals surface area (Å²) in [5.74, 6) is 1.07. The molecule has 1 aromatic heterocycles. The van der Waals surface area contributed by atoms with Crippen LogP contribution in [0.1, 0.15) is 5.82 Å². The summed E-state index contributed by atoms with van der Waals surface area (Å²) in [6, 6.07) is 0. The maximum atomic E-state index is 11.0. The summed E-state index contributed by atoms with van der Waals surface area (Å²) in [6.45, 7) is 8.57. The number of nitrogens with one attached hydrogen (secondary N) is 2. The second-order valence-corrected chi connectivity index (χ2v) is 7.25. The Kier molecular flexibility index (Phi) is 14.2. The molecule has 0 bridgehead atoms. The van der Waals surface area contributed by atoms with Gasteiger partial charge in [0.05, 0.1) is 58.2 Å². The molecule has 0 fully saturated rings. The summed E-state index contributed by atoms with van der Waals surface area (Å²) in [4.78, 5) is 13.0. The van der Waals surface area contributed by atoms with Gasteiger partial charge in [-0.25, -0.2) is 9.13 Å². The van der Waals surface area contributed by atoms with E-state index in [0.29, 0.717) is 57.2 Å². The van der Waals surface area contributed by atoms with Crippen molar-refractivity contribution in [3.8, 4) is 0 Å². The SMILES string of the molecule is C=C(c1n(C)cc[n+]1C)N(C)/C=C\NCCOCCOCCOCCNC(=O)CI. The van der Waals surface area contributed by atoms with Gasteiger partial charge in [0.2, 0.25) is 5.91 Å². The number of nitrogens with zero attached hydrogens (tertiary/aromatic N) is 3. The average Bonchev–Trinajstić information content (AvgIpc) is 3.07. The quantitative estimate of drug-likeness (QED) is 0.130. The molecule has 1 heterocycles. The number of rotatable bonds is 17. The number of alkyl halides is 1. The van der Waals surface area contributed by atoms with Crippen LogP contribution in [0.15, 0.2) is 31.4 Å². The molecule has 0 atom stereocenters. The fraction of sp³-hybridized carbons (Fsp3) is 0.600. The van der Waals surface area contributed by atoms with E-state index in [2.05, 4.69) is 17.2 Å². The minimum absolute atomic E-state index is 0.0244. The second-order valence-electron chi connectivity index (χ2n) is 6.49. The first-order chi connectivity index (χ1) is 14.5. The zero-order chi connectivity index (χ0) is 22.2. The topological polar surface area (TPSA) is 80.9 Å². The van der Waals surface area contributed by atoms with E-state index in [4.69, 9.17) is 14.2 Å². The monoisotopic (exact) mass is 536 g/mol. The zero-order valence-electron chi connectivity index (χ0n) is 18.2. The third-order valence-corrected chi connectivity index (χ3v) is 4.80. The minimum atomic E-state index is 0.0244. The van der Waals surface area contributed by atoms with E-state index < -0.39 is 0 Å². The molecule has 10 heteroatoms. The number of amides is 1. The summed E-state index contributed by atoms with van der Waals surface area (Å²) in [7, 11) is 5.96. The Morgan fingerprint density at radius 2 is 1.80 bits per heavy atom. The van der Waals surface area contributed by atoms with Crippen LogP contribution < -0.4 is 15.2 Å². The Morgan fingerprint density at radius 3 is 2.37 bits per heavy atom. The predicted molar refractivity (Wildman–Crippen MR) is 125 cm³/mol. The Labute approximate surface area is 193 Å². The highest BCUT2D eigenvalue weighted by Crippen LogP contribution is 2.11. The summed E-state index contributed by atoms with van der Waals surface area (Å²) >= 11 is 2.02. The third kappa shape index (κ3) is 11.0. The molecule has 9 nitrogen and oxygen atoms in total. The number of hydrogen-bond donors (Lipinski definition) is 2. The molecule has 1 rings (SSSR count). The lowest BCUT2D eigenvalue weighted by atomic mass is 10.4. The Hall–Kier alpha value is -1.63. The molecule has 0 unspecified atom stereocenters. The highest BCUT2D eigenvalue weighted by atomic mass is 127. The van der Waals surface area contributed by atoms with Gasteiger partial charge in [0.1, 0.15) is 18.1 Å². The van der Waals surface area contributed by atoms with Crippen molar-refractivity contribution in [3.05, 3.63) is 37.2 Å². The van der Waals surface area contributed by atoms with Gasteiger partial charge in [0.15, 0.2) is 0 Å². The van der Waals surface area contributed by atoms with E-state index in [0.717, 1.165) is 11.5 Å². The van der Waals surface area contributed by atoms with E-state index in [9.17, 15) is 4.79 Å². The predicted octanol–water partition coefficient (Wildman–Crippen LogP) is 0.414. The Morgan fingerprint density at radius 1 is 1.20 bits per heavy atom. The number of aromatic nitrogens is 2. The number of aryl methyl sites for hydroxylation is 2. The fourth-order valence-electron chi connectivity index (χ4n) is 2.48. The smallest absolute Gasteiger partial charge is 0.304 e. The van der Waals surface area contributed by atoms with Crippen LogP contribution in [0.5, 0.6) is 0 Å². The van der Waals surface area contributed by atoms with Gasteiger partial charge in [-0.1, -0.05) is 29.2 Å². The van der Waals surface area contributed by atoms with Crippen LogP contribution in [-0.4, -0.2) is 79.6 Å². The highest BCUT2D eigenvalue weighted by molar-refractivity contribution is 14.1. The fourth-order valence-corrected chi connectivity index (χ4v) is 2.75. The van der Waals surface area contributed by atoms with Gasteiger partial charge in [-0.15, -0.1) is 0 Å². The van der Waals surface area contributed by atoms with E-state index in [1.807, 2.05) is 82.6 Å². The number of imidazole rings is 1. The summed E-state index contributed by atoms with van der Waals surface area (Å²) in [5.41, 5.74) is 0.908. The first kappa shape index (κ1) is 26.4. The van der Waals surface area contributed by atoms with Crippen LogP contribution in [0.3, 0.4) is 0 Å². The van der Waals surface area contributed by atoms with Crippen LogP contribution in [0.2, 0.25) is 0 Å². The van der Waals surface area contributed by atoms with Gasteiger partial charge < -0.3 is 29.7 Å². The molecule has 0 aliphatic rings. The first-order valence-corrected chi connectivity index (χ1v) is 11.4. The number of ether oxygens (including phenoxy) is 3. The molecular formula is C20H35IN5O4+. The number of carbonyl (C=O) groups is 1. The number of hydrogen-bond acceptors (Lipinski definition) is 6. The molecule has 0 aliphatic heterocycles. The lowest BCUT2D eigenvalue weighted by molar-refractivity contribution is -0.673. The summed E-state index contributed by atoms with van der Waals surface area (Å²) in [6.07, 6.45) is 7.82. The third-order valence-electron chi connectivity index (χ3n) is 4.11. The molecule has 0 saturated carbocycles. The molecule has 1 aromatic rings. The molecule has 0 radical (unpaired) electrons. The van der Waals surface area contributed by atoms with Gasteiger partial charge in [0, 0.05) is 32.5 Å². The van der Waals surface area contributed by atoms with Crippen LogP contribution >= 0.6 is 22.6 Å². The molecular weight excluding hydrogens is 501 g/mol. The van der Waals surface area contributed by atoms with Crippen LogP contribution in [0.4, 0.5) is 0 Å². The van der Waals surface area contributed by atoms with E-state index in [1.165, 1.54) is 0 Å². The summed E-state index contributed by atoms with van der Waals surface area (Å²) < 4.78 is 20.8. The Bertz CT molecular complexity index is 646. The van der Waals surface area contributed by atoms with E-state index in [-0.39, 0.29) is 5.91 Å². The Balaban J connectivity index is 1.95. The van der Waals surface area contributed by atoms with Crippen LogP contribution in [0.25, 0.3) is 5.70 Å². The molecule has 1 amide bonds. The van der Waals surface area contributed by atoms with Crippen molar-refractivity contribution in [2.75, 3.05) is 64.2 Å². The van der Waals surface area contributed by atoms with Crippen molar-refractivity contribution in [2.24, 2.45) is 14.1 Å². The van der Waals surface area contributed by atoms with Crippen molar-refractivity contribution in [1.82, 2.24) is 20.1 Å². The molecule has 30 heavy (non-hydrogen) atoms. The van der Waals surface area contributed by atoms with Gasteiger partial charge in [-0.2, -0.15) is 0 Å². The van der Waals surface area contributed by atoms with Crippen molar-refractivity contribution in [1.29, 1.82) is 0 Å². The van der Waals surface area contributed by atoms with Gasteiger partial charge >= 0.3 is 5.82 Å². The molecule has 2 N–H and O–H groups in total. The van der Waals surface area contributed by atoms with Crippen molar-refractivity contribution in [3.63, 3.8) is 0 Å². The van der Waals surface area contributed by atoms with Gasteiger partial charge in [-0.3, -0.25) is 4.79 Å².